The summed E-state index contributed by atoms with van der Waals surface area (Å²) in [5.41, 5.74) is 4.03. The second-order valence-electron chi connectivity index (χ2n) is 9.39. The maximum atomic E-state index is 13.5. The Morgan fingerprint density at radius 3 is 1.87 bits per heavy atom. The molecule has 1 aliphatic heterocycles. The molecule has 0 spiro atoms. The van der Waals surface area contributed by atoms with Crippen molar-refractivity contribution in [2.75, 3.05) is 4.90 Å². The van der Waals surface area contributed by atoms with E-state index in [1.807, 2.05) is 24.3 Å². The molecule has 2 N–H and O–H groups in total. The van der Waals surface area contributed by atoms with Gasteiger partial charge in [0.25, 0.3) is 0 Å². The van der Waals surface area contributed by atoms with Gasteiger partial charge in [-0.2, -0.15) is 0 Å². The van der Waals surface area contributed by atoms with E-state index in [4.69, 9.17) is 5.11 Å². The highest BCUT2D eigenvalue weighted by Gasteiger charge is 2.48. The number of carbonyl (C=O) groups is 2. The van der Waals surface area contributed by atoms with Crippen molar-refractivity contribution in [3.8, 4) is 11.1 Å². The van der Waals surface area contributed by atoms with Crippen molar-refractivity contribution in [1.29, 1.82) is 0 Å². The van der Waals surface area contributed by atoms with Crippen LogP contribution in [0.1, 0.15) is 46.5 Å². The largest absolute Gasteiger partial charge is 0.478 e. The lowest BCUT2D eigenvalue weighted by Crippen LogP contribution is -2.55. The first-order valence-corrected chi connectivity index (χ1v) is 12.3. The number of amides is 1. The van der Waals surface area contributed by atoms with Crippen molar-refractivity contribution in [2.45, 2.75) is 25.0 Å². The smallest absolute Gasteiger partial charge is 0.335 e. The van der Waals surface area contributed by atoms with Crippen LogP contribution >= 0.6 is 0 Å². The molecule has 3 atom stereocenters. The molecular weight excluding hydrogens is 488 g/mol. The number of rotatable bonds is 8. The fourth-order valence-electron chi connectivity index (χ4n) is 4.97. The van der Waals surface area contributed by atoms with Gasteiger partial charge in [-0.3, -0.25) is 4.79 Å². The minimum Gasteiger partial charge on any atom is -0.478 e. The predicted molar refractivity (Wildman–Crippen MR) is 140 cm³/mol. The standard InChI is InChI=1S/C31H25F2NO4/c32-24-11-9-21(10-12-24)28(35)18-17-27-29(34(30(27)36)26-15-13-25(33)14-16-26)22-5-1-19(2-6-22)20-3-7-23(8-4-20)31(37)38/h1-16,27-29,35H,17-18H2,(H,37,38)/t27?,28-,29?/m0/s1. The van der Waals surface area contributed by atoms with Crippen molar-refractivity contribution >= 4 is 17.6 Å². The number of β-lactam (4-membered cyclic amide) rings is 1. The fourth-order valence-corrected chi connectivity index (χ4v) is 4.97. The summed E-state index contributed by atoms with van der Waals surface area (Å²) in [5, 5.41) is 19.8. The quantitative estimate of drug-likeness (QED) is 0.262. The minimum atomic E-state index is -0.988. The number of hydrogen-bond acceptors (Lipinski definition) is 3. The van der Waals surface area contributed by atoms with Crippen molar-refractivity contribution < 1.29 is 28.6 Å². The molecule has 1 saturated heterocycles. The van der Waals surface area contributed by atoms with Crippen LogP contribution in [0.25, 0.3) is 11.1 Å². The lowest BCUT2D eigenvalue weighted by molar-refractivity contribution is -0.131. The van der Waals surface area contributed by atoms with Crippen LogP contribution in [0.3, 0.4) is 0 Å². The second-order valence-corrected chi connectivity index (χ2v) is 9.39. The summed E-state index contributed by atoms with van der Waals surface area (Å²) in [6, 6.07) is 25.4. The van der Waals surface area contributed by atoms with Gasteiger partial charge in [-0.15, -0.1) is 0 Å². The summed E-state index contributed by atoms with van der Waals surface area (Å²) >= 11 is 0. The van der Waals surface area contributed by atoms with Crippen LogP contribution in [0, 0.1) is 17.6 Å². The molecule has 0 aromatic heterocycles. The molecule has 1 aliphatic rings. The average molecular weight is 514 g/mol. The normalized spacial score (nSPS) is 17.7. The van der Waals surface area contributed by atoms with Crippen LogP contribution in [0.4, 0.5) is 14.5 Å². The van der Waals surface area contributed by atoms with Gasteiger partial charge >= 0.3 is 5.97 Å². The first-order valence-electron chi connectivity index (χ1n) is 12.3. The lowest BCUT2D eigenvalue weighted by atomic mass is 9.78. The van der Waals surface area contributed by atoms with Crippen LogP contribution in [-0.4, -0.2) is 22.1 Å². The number of nitrogens with zero attached hydrogens (tertiary/aromatic N) is 1. The van der Waals surface area contributed by atoms with Crippen LogP contribution in [0.15, 0.2) is 97.1 Å². The molecule has 4 aromatic rings. The summed E-state index contributed by atoms with van der Waals surface area (Å²) in [5.74, 6) is -2.27. The number of carbonyl (C=O) groups excluding carboxylic acids is 1. The van der Waals surface area contributed by atoms with E-state index in [2.05, 4.69) is 0 Å². The van der Waals surface area contributed by atoms with Gasteiger partial charge < -0.3 is 15.1 Å². The molecule has 0 aliphatic carbocycles. The van der Waals surface area contributed by atoms with Crippen molar-refractivity contribution in [1.82, 2.24) is 0 Å². The molecule has 0 bridgehead atoms. The Morgan fingerprint density at radius 2 is 1.32 bits per heavy atom. The number of aliphatic hydroxyl groups is 1. The molecule has 0 radical (unpaired) electrons. The van der Waals surface area contributed by atoms with Crippen molar-refractivity contribution in [3.63, 3.8) is 0 Å². The molecule has 2 unspecified atom stereocenters. The van der Waals surface area contributed by atoms with Crippen LogP contribution in [-0.2, 0) is 4.79 Å². The number of benzene rings is 4. The van der Waals surface area contributed by atoms with E-state index < -0.39 is 23.8 Å². The Kier molecular flexibility index (Phi) is 7.03. The Labute approximate surface area is 218 Å². The van der Waals surface area contributed by atoms with Gasteiger partial charge in [-0.1, -0.05) is 48.5 Å². The van der Waals surface area contributed by atoms with Gasteiger partial charge in [0.05, 0.1) is 23.6 Å². The molecule has 38 heavy (non-hydrogen) atoms. The number of carboxylic acids is 1. The van der Waals surface area contributed by atoms with Gasteiger partial charge in [0, 0.05) is 5.69 Å². The van der Waals surface area contributed by atoms with E-state index in [1.54, 1.807) is 41.3 Å². The highest BCUT2D eigenvalue weighted by Crippen LogP contribution is 2.46. The van der Waals surface area contributed by atoms with Gasteiger partial charge in [0.2, 0.25) is 5.91 Å². The van der Waals surface area contributed by atoms with E-state index in [1.165, 1.54) is 36.4 Å². The van der Waals surface area contributed by atoms with Crippen molar-refractivity contribution in [2.24, 2.45) is 5.92 Å². The summed E-state index contributed by atoms with van der Waals surface area (Å²) in [7, 11) is 0. The molecular formula is C31H25F2NO4. The second kappa shape index (κ2) is 10.6. The number of anilines is 1. The monoisotopic (exact) mass is 513 g/mol. The van der Waals surface area contributed by atoms with E-state index >= 15 is 0 Å². The highest BCUT2D eigenvalue weighted by atomic mass is 19.1. The van der Waals surface area contributed by atoms with E-state index in [-0.39, 0.29) is 23.3 Å². The number of hydrogen-bond donors (Lipinski definition) is 2. The maximum Gasteiger partial charge on any atom is 0.335 e. The topological polar surface area (TPSA) is 77.8 Å². The molecule has 1 amide bonds. The Balaban J connectivity index is 1.38. The van der Waals surface area contributed by atoms with Gasteiger partial charge in [0.15, 0.2) is 0 Å². The van der Waals surface area contributed by atoms with E-state index in [0.717, 1.165) is 16.7 Å². The summed E-state index contributed by atoms with van der Waals surface area (Å²) < 4.78 is 26.8. The number of halogens is 2. The highest BCUT2D eigenvalue weighted by molar-refractivity contribution is 6.03. The van der Waals surface area contributed by atoms with Gasteiger partial charge in [-0.25, -0.2) is 13.6 Å². The maximum absolute atomic E-state index is 13.5. The Bertz CT molecular complexity index is 1440. The molecule has 7 heteroatoms. The minimum absolute atomic E-state index is 0.110. The Hall–Kier alpha value is -4.36. The van der Waals surface area contributed by atoms with Crippen molar-refractivity contribution in [3.05, 3.63) is 125 Å². The third-order valence-electron chi connectivity index (χ3n) is 7.04. The van der Waals surface area contributed by atoms with Crippen LogP contribution < -0.4 is 4.90 Å². The third kappa shape index (κ3) is 5.06. The van der Waals surface area contributed by atoms with Gasteiger partial charge in [0.1, 0.15) is 11.6 Å². The zero-order chi connectivity index (χ0) is 26.8. The number of carboxylic acid groups (broad SMARTS) is 1. The first kappa shape index (κ1) is 25.3. The molecule has 192 valence electrons. The zero-order valence-corrected chi connectivity index (χ0v) is 20.3. The number of aliphatic hydroxyl groups excluding tert-OH is 1. The Morgan fingerprint density at radius 1 is 0.789 bits per heavy atom. The summed E-state index contributed by atoms with van der Waals surface area (Å²) in [6.45, 7) is 0. The fraction of sp³-hybridized carbons (Fsp3) is 0.161. The molecule has 5 rings (SSSR count). The third-order valence-corrected chi connectivity index (χ3v) is 7.04. The molecule has 5 nitrogen and oxygen atoms in total. The summed E-state index contributed by atoms with van der Waals surface area (Å²) in [6.07, 6.45) is -0.0952. The molecule has 1 fully saturated rings. The average Bonchev–Trinajstić information content (AvgIpc) is 2.93. The van der Waals surface area contributed by atoms with Gasteiger partial charge in [-0.05, 0) is 83.6 Å². The number of aromatic carboxylic acids is 1. The van der Waals surface area contributed by atoms with Crippen LogP contribution in [0.5, 0.6) is 0 Å². The predicted octanol–water partition coefficient (Wildman–Crippen LogP) is 6.55. The van der Waals surface area contributed by atoms with Crippen LogP contribution in [0.2, 0.25) is 0 Å². The van der Waals surface area contributed by atoms with E-state index in [0.29, 0.717) is 24.1 Å². The summed E-state index contributed by atoms with van der Waals surface area (Å²) in [4.78, 5) is 26.0. The molecule has 1 heterocycles. The van der Waals surface area contributed by atoms with E-state index in [9.17, 15) is 23.5 Å². The SMILES string of the molecule is O=C(O)c1ccc(-c2ccc(C3C(CC[C@H](O)c4ccc(F)cc4)C(=O)N3c3ccc(F)cc3)cc2)cc1. The zero-order valence-electron chi connectivity index (χ0n) is 20.3. The first-order chi connectivity index (χ1) is 18.3. The molecule has 4 aromatic carbocycles. The lowest BCUT2D eigenvalue weighted by Gasteiger charge is -2.48. The molecule has 0 saturated carbocycles.